The molecule has 1 fully saturated rings. The summed E-state index contributed by atoms with van der Waals surface area (Å²) in [5.41, 5.74) is 4.37. The molecule has 0 aliphatic carbocycles. The molecule has 158 valence electrons. The van der Waals surface area contributed by atoms with Gasteiger partial charge < -0.3 is 9.73 Å². The Morgan fingerprint density at radius 3 is 2.70 bits per heavy atom. The van der Waals surface area contributed by atoms with Crippen molar-refractivity contribution in [2.24, 2.45) is 0 Å². The summed E-state index contributed by atoms with van der Waals surface area (Å²) < 4.78 is 19.0. The third-order valence-electron chi connectivity index (χ3n) is 5.59. The van der Waals surface area contributed by atoms with Gasteiger partial charge in [0, 0.05) is 24.8 Å². The SMILES string of the molecule is Cc1ccc(NC(=O)CN2CCCN(Cc3nc4ccc(F)cc4o3)CC2)cc1C. The summed E-state index contributed by atoms with van der Waals surface area (Å²) in [7, 11) is 0. The third kappa shape index (κ3) is 5.04. The summed E-state index contributed by atoms with van der Waals surface area (Å²) in [4.78, 5) is 21.4. The molecule has 1 aliphatic heterocycles. The van der Waals surface area contributed by atoms with E-state index in [1.807, 2.05) is 25.1 Å². The average Bonchev–Trinajstić information content (AvgIpc) is 2.96. The van der Waals surface area contributed by atoms with Crippen LogP contribution in [0.3, 0.4) is 0 Å². The van der Waals surface area contributed by atoms with E-state index in [1.165, 1.54) is 23.3 Å². The Labute approximate surface area is 175 Å². The molecule has 1 N–H and O–H groups in total. The molecule has 3 aromatic rings. The molecule has 1 saturated heterocycles. The second-order valence-corrected chi connectivity index (χ2v) is 7.97. The number of benzene rings is 2. The smallest absolute Gasteiger partial charge is 0.238 e. The van der Waals surface area contributed by atoms with Crippen molar-refractivity contribution >= 4 is 22.7 Å². The van der Waals surface area contributed by atoms with Gasteiger partial charge >= 0.3 is 0 Å². The number of aromatic nitrogens is 1. The lowest BCUT2D eigenvalue weighted by Gasteiger charge is -2.20. The molecule has 1 aromatic heterocycles. The second-order valence-electron chi connectivity index (χ2n) is 7.97. The van der Waals surface area contributed by atoms with Crippen molar-refractivity contribution in [3.05, 3.63) is 59.2 Å². The van der Waals surface area contributed by atoms with E-state index in [0.29, 0.717) is 30.1 Å². The molecule has 0 radical (unpaired) electrons. The first-order valence-electron chi connectivity index (χ1n) is 10.3. The highest BCUT2D eigenvalue weighted by Crippen LogP contribution is 2.18. The second kappa shape index (κ2) is 8.93. The number of carbonyl (C=O) groups is 1. The molecule has 0 saturated carbocycles. The molecule has 30 heavy (non-hydrogen) atoms. The van der Waals surface area contributed by atoms with Crippen molar-refractivity contribution in [3.8, 4) is 0 Å². The van der Waals surface area contributed by atoms with E-state index in [2.05, 4.69) is 27.0 Å². The predicted molar refractivity (Wildman–Crippen MR) is 115 cm³/mol. The molecule has 2 heterocycles. The van der Waals surface area contributed by atoms with Gasteiger partial charge in [-0.2, -0.15) is 0 Å². The van der Waals surface area contributed by atoms with Crippen LogP contribution in [0, 0.1) is 19.7 Å². The fourth-order valence-electron chi connectivity index (χ4n) is 3.77. The lowest BCUT2D eigenvalue weighted by atomic mass is 10.1. The number of carbonyl (C=O) groups excluding carboxylic acids is 1. The van der Waals surface area contributed by atoms with Crippen molar-refractivity contribution in [3.63, 3.8) is 0 Å². The summed E-state index contributed by atoms with van der Waals surface area (Å²) in [6, 6.07) is 10.4. The lowest BCUT2D eigenvalue weighted by Crippen LogP contribution is -2.36. The number of amides is 1. The van der Waals surface area contributed by atoms with Crippen LogP contribution in [-0.4, -0.2) is 53.4 Å². The van der Waals surface area contributed by atoms with Crippen LogP contribution >= 0.6 is 0 Å². The lowest BCUT2D eigenvalue weighted by molar-refractivity contribution is -0.117. The summed E-state index contributed by atoms with van der Waals surface area (Å²) in [5, 5.41) is 3.00. The molecular weight excluding hydrogens is 383 g/mol. The first-order chi connectivity index (χ1) is 14.5. The van der Waals surface area contributed by atoms with Crippen molar-refractivity contribution < 1.29 is 13.6 Å². The van der Waals surface area contributed by atoms with Gasteiger partial charge in [0.05, 0.1) is 13.1 Å². The van der Waals surface area contributed by atoms with E-state index in [0.717, 1.165) is 38.3 Å². The molecule has 6 nitrogen and oxygen atoms in total. The highest BCUT2D eigenvalue weighted by molar-refractivity contribution is 5.92. The fourth-order valence-corrected chi connectivity index (χ4v) is 3.77. The number of halogens is 1. The van der Waals surface area contributed by atoms with Gasteiger partial charge in [-0.3, -0.25) is 14.6 Å². The van der Waals surface area contributed by atoms with Crippen molar-refractivity contribution in [2.75, 3.05) is 38.0 Å². The van der Waals surface area contributed by atoms with Gasteiger partial charge in [-0.1, -0.05) is 6.07 Å². The number of hydrogen-bond acceptors (Lipinski definition) is 5. The number of rotatable bonds is 5. The normalized spacial score (nSPS) is 16.0. The first kappa shape index (κ1) is 20.5. The van der Waals surface area contributed by atoms with Gasteiger partial charge in [0.15, 0.2) is 5.58 Å². The summed E-state index contributed by atoms with van der Waals surface area (Å²) in [6.45, 7) is 8.46. The van der Waals surface area contributed by atoms with Gasteiger partial charge in [0.25, 0.3) is 0 Å². The quantitative estimate of drug-likeness (QED) is 0.695. The number of fused-ring (bicyclic) bond motifs is 1. The molecule has 0 bridgehead atoms. The molecule has 7 heteroatoms. The molecule has 0 spiro atoms. The minimum Gasteiger partial charge on any atom is -0.439 e. The summed E-state index contributed by atoms with van der Waals surface area (Å²) in [6.07, 6.45) is 0.964. The van der Waals surface area contributed by atoms with E-state index in [-0.39, 0.29) is 11.7 Å². The molecule has 0 atom stereocenters. The monoisotopic (exact) mass is 410 g/mol. The molecule has 1 amide bonds. The van der Waals surface area contributed by atoms with E-state index in [1.54, 1.807) is 6.07 Å². The van der Waals surface area contributed by atoms with Gasteiger partial charge in [-0.25, -0.2) is 9.37 Å². The number of oxazole rings is 1. The Kier molecular flexibility index (Phi) is 6.11. The molecule has 1 aliphatic rings. The maximum Gasteiger partial charge on any atom is 0.238 e. The van der Waals surface area contributed by atoms with E-state index >= 15 is 0 Å². The Balaban J connectivity index is 1.29. The zero-order chi connectivity index (χ0) is 21.1. The van der Waals surface area contributed by atoms with Crippen molar-refractivity contribution in [2.45, 2.75) is 26.8 Å². The average molecular weight is 410 g/mol. The first-order valence-corrected chi connectivity index (χ1v) is 10.3. The summed E-state index contributed by atoms with van der Waals surface area (Å²) in [5.74, 6) is 0.277. The highest BCUT2D eigenvalue weighted by atomic mass is 19.1. The molecule has 2 aromatic carbocycles. The zero-order valence-corrected chi connectivity index (χ0v) is 17.4. The van der Waals surface area contributed by atoms with Crippen molar-refractivity contribution in [1.29, 1.82) is 0 Å². The van der Waals surface area contributed by atoms with Gasteiger partial charge in [0.2, 0.25) is 11.8 Å². The van der Waals surface area contributed by atoms with Crippen LogP contribution in [0.25, 0.3) is 11.1 Å². The van der Waals surface area contributed by atoms with Gasteiger partial charge in [-0.05, 0) is 68.8 Å². The van der Waals surface area contributed by atoms with Crippen LogP contribution in [0.4, 0.5) is 10.1 Å². The van der Waals surface area contributed by atoms with E-state index in [9.17, 15) is 9.18 Å². The Bertz CT molecular complexity index is 1050. The Hall–Kier alpha value is -2.77. The van der Waals surface area contributed by atoms with Crippen LogP contribution in [0.5, 0.6) is 0 Å². The predicted octanol–water partition coefficient (Wildman–Crippen LogP) is 3.73. The Morgan fingerprint density at radius 1 is 1.07 bits per heavy atom. The minimum atomic E-state index is -0.324. The number of aryl methyl sites for hydroxylation is 2. The maximum absolute atomic E-state index is 13.3. The van der Waals surface area contributed by atoms with Gasteiger partial charge in [-0.15, -0.1) is 0 Å². The topological polar surface area (TPSA) is 61.6 Å². The van der Waals surface area contributed by atoms with Crippen LogP contribution < -0.4 is 5.32 Å². The molecule has 4 rings (SSSR count). The van der Waals surface area contributed by atoms with Crippen LogP contribution in [0.2, 0.25) is 0 Å². The fraction of sp³-hybridized carbons (Fsp3) is 0.391. The van der Waals surface area contributed by atoms with E-state index in [4.69, 9.17) is 4.42 Å². The largest absolute Gasteiger partial charge is 0.439 e. The molecular formula is C23H27FN4O2. The maximum atomic E-state index is 13.3. The van der Waals surface area contributed by atoms with E-state index < -0.39 is 0 Å². The highest BCUT2D eigenvalue weighted by Gasteiger charge is 2.19. The Morgan fingerprint density at radius 2 is 1.87 bits per heavy atom. The number of hydrogen-bond donors (Lipinski definition) is 1. The molecule has 0 unspecified atom stereocenters. The summed E-state index contributed by atoms with van der Waals surface area (Å²) >= 11 is 0. The van der Waals surface area contributed by atoms with Crippen LogP contribution in [0.1, 0.15) is 23.4 Å². The minimum absolute atomic E-state index is 0.00711. The standard InChI is InChI=1S/C23H27FN4O2/c1-16-4-6-19(12-17(16)2)25-22(29)14-27-8-3-9-28(11-10-27)15-23-26-20-7-5-18(24)13-21(20)30-23/h4-7,12-13H,3,8-11,14-15H2,1-2H3,(H,25,29). The number of nitrogens with one attached hydrogen (secondary N) is 1. The zero-order valence-electron chi connectivity index (χ0n) is 17.4. The van der Waals surface area contributed by atoms with Crippen LogP contribution in [-0.2, 0) is 11.3 Å². The number of anilines is 1. The number of nitrogens with zero attached hydrogens (tertiary/aromatic N) is 3. The van der Waals surface area contributed by atoms with Crippen LogP contribution in [0.15, 0.2) is 40.8 Å². The van der Waals surface area contributed by atoms with Crippen molar-refractivity contribution in [1.82, 2.24) is 14.8 Å². The van der Waals surface area contributed by atoms with Gasteiger partial charge in [0.1, 0.15) is 11.3 Å². The third-order valence-corrected chi connectivity index (χ3v) is 5.59.